The largest absolute Gasteiger partial charge is 0.350 e. The Morgan fingerprint density at radius 2 is 1.79 bits per heavy atom. The summed E-state index contributed by atoms with van der Waals surface area (Å²) in [4.78, 5) is 29.1. The van der Waals surface area contributed by atoms with Gasteiger partial charge in [0.1, 0.15) is 5.82 Å². The van der Waals surface area contributed by atoms with Gasteiger partial charge in [-0.2, -0.15) is 0 Å². The summed E-state index contributed by atoms with van der Waals surface area (Å²) in [5.74, 6) is 0.672. The van der Waals surface area contributed by atoms with Gasteiger partial charge >= 0.3 is 6.03 Å². The summed E-state index contributed by atoms with van der Waals surface area (Å²) >= 11 is 0. The van der Waals surface area contributed by atoms with Crippen LogP contribution in [0.5, 0.6) is 0 Å². The molecule has 2 aromatic carbocycles. The highest BCUT2D eigenvalue weighted by Gasteiger charge is 2.13. The first-order valence-electron chi connectivity index (χ1n) is 9.32. The van der Waals surface area contributed by atoms with Crippen molar-refractivity contribution in [2.45, 2.75) is 33.4 Å². The first-order chi connectivity index (χ1) is 13.5. The van der Waals surface area contributed by atoms with Crippen molar-refractivity contribution in [2.24, 2.45) is 0 Å². The summed E-state index contributed by atoms with van der Waals surface area (Å²) in [5.41, 5.74) is 2.88. The number of amides is 3. The van der Waals surface area contributed by atoms with Crippen molar-refractivity contribution in [3.63, 3.8) is 0 Å². The number of imidazole rings is 1. The van der Waals surface area contributed by atoms with Crippen LogP contribution in [0.3, 0.4) is 0 Å². The van der Waals surface area contributed by atoms with Crippen LogP contribution in [0.2, 0.25) is 0 Å². The minimum absolute atomic E-state index is 0.00855. The van der Waals surface area contributed by atoms with Crippen molar-refractivity contribution < 1.29 is 9.59 Å². The molecular weight excluding hydrogens is 354 g/mol. The topological polar surface area (TPSA) is 88.1 Å². The molecule has 0 fully saturated rings. The first-order valence-corrected chi connectivity index (χ1v) is 9.32. The van der Waals surface area contributed by atoms with Crippen LogP contribution < -0.4 is 16.0 Å². The van der Waals surface area contributed by atoms with Crippen LogP contribution in [-0.2, 0) is 6.54 Å². The molecule has 3 rings (SSSR count). The van der Waals surface area contributed by atoms with Crippen LogP contribution >= 0.6 is 0 Å². The van der Waals surface area contributed by atoms with Crippen LogP contribution in [0.15, 0.2) is 48.5 Å². The first kappa shape index (κ1) is 19.4. The maximum Gasteiger partial charge on any atom is 0.319 e. The molecule has 7 heteroatoms. The van der Waals surface area contributed by atoms with E-state index < -0.39 is 0 Å². The van der Waals surface area contributed by atoms with Gasteiger partial charge in [-0.3, -0.25) is 4.79 Å². The molecular formula is C21H25N5O2. The van der Waals surface area contributed by atoms with Crippen molar-refractivity contribution in [1.29, 1.82) is 0 Å². The van der Waals surface area contributed by atoms with Gasteiger partial charge in [0.2, 0.25) is 0 Å². The van der Waals surface area contributed by atoms with Crippen molar-refractivity contribution >= 4 is 28.7 Å². The number of carbonyl (C=O) groups is 2. The van der Waals surface area contributed by atoms with E-state index in [0.717, 1.165) is 16.9 Å². The summed E-state index contributed by atoms with van der Waals surface area (Å²) in [7, 11) is 0. The zero-order valence-corrected chi connectivity index (χ0v) is 16.3. The number of aryl methyl sites for hydroxylation is 1. The smallest absolute Gasteiger partial charge is 0.319 e. The number of hydrogen-bond donors (Lipinski definition) is 3. The molecule has 146 valence electrons. The maximum atomic E-state index is 12.6. The molecule has 0 spiro atoms. The normalized spacial score (nSPS) is 10.9. The van der Waals surface area contributed by atoms with E-state index >= 15 is 0 Å². The van der Waals surface area contributed by atoms with Crippen molar-refractivity contribution in [3.8, 4) is 0 Å². The number of nitrogens with one attached hydrogen (secondary N) is 3. The molecule has 0 aliphatic rings. The SMILES string of the molecule is Cc1nc2ccccc2n1CCNC(=O)c1ccccc1NC(=O)NC(C)C. The number of anilines is 1. The van der Waals surface area contributed by atoms with Crippen LogP contribution in [0.25, 0.3) is 11.0 Å². The molecule has 0 aliphatic heterocycles. The number of para-hydroxylation sites is 3. The molecule has 0 saturated carbocycles. The van der Waals surface area contributed by atoms with Gasteiger partial charge < -0.3 is 20.5 Å². The Hall–Kier alpha value is -3.35. The zero-order valence-electron chi connectivity index (χ0n) is 16.3. The average molecular weight is 379 g/mol. The van der Waals surface area contributed by atoms with E-state index in [4.69, 9.17) is 0 Å². The third-order valence-corrected chi connectivity index (χ3v) is 4.31. The van der Waals surface area contributed by atoms with Gasteiger partial charge in [-0.15, -0.1) is 0 Å². The monoisotopic (exact) mass is 379 g/mol. The van der Waals surface area contributed by atoms with Gasteiger partial charge in [-0.05, 0) is 45.0 Å². The standard InChI is InChI=1S/C21H25N5O2/c1-14(2)23-21(28)25-17-9-5-4-8-16(17)20(27)22-12-13-26-15(3)24-18-10-6-7-11-19(18)26/h4-11,14H,12-13H2,1-3H3,(H,22,27)(H2,23,25,28). The lowest BCUT2D eigenvalue weighted by Crippen LogP contribution is -2.35. The summed E-state index contributed by atoms with van der Waals surface area (Å²) in [6, 6.07) is 14.6. The molecule has 0 saturated heterocycles. The number of urea groups is 1. The van der Waals surface area contributed by atoms with Gasteiger partial charge in [0, 0.05) is 19.1 Å². The highest BCUT2D eigenvalue weighted by Crippen LogP contribution is 2.16. The molecule has 3 aromatic rings. The molecule has 3 amide bonds. The average Bonchev–Trinajstić information content (AvgIpc) is 2.97. The maximum absolute atomic E-state index is 12.6. The summed E-state index contributed by atoms with van der Waals surface area (Å²) < 4.78 is 2.08. The number of nitrogens with zero attached hydrogens (tertiary/aromatic N) is 2. The van der Waals surface area contributed by atoms with E-state index in [1.54, 1.807) is 24.3 Å². The summed E-state index contributed by atoms with van der Waals surface area (Å²) in [6.07, 6.45) is 0. The predicted molar refractivity (Wildman–Crippen MR) is 111 cm³/mol. The fourth-order valence-electron chi connectivity index (χ4n) is 3.07. The van der Waals surface area contributed by atoms with Gasteiger partial charge in [-0.1, -0.05) is 24.3 Å². The molecule has 0 radical (unpaired) electrons. The highest BCUT2D eigenvalue weighted by molar-refractivity contribution is 6.03. The fraction of sp³-hybridized carbons (Fsp3) is 0.286. The quantitative estimate of drug-likeness (QED) is 0.614. The van der Waals surface area contributed by atoms with E-state index in [1.165, 1.54) is 0 Å². The summed E-state index contributed by atoms with van der Waals surface area (Å²) in [5, 5.41) is 8.41. The Morgan fingerprint density at radius 3 is 2.57 bits per heavy atom. The Labute approximate surface area is 164 Å². The van der Waals surface area contributed by atoms with Crippen molar-refractivity contribution in [2.75, 3.05) is 11.9 Å². The second kappa shape index (κ2) is 8.56. The van der Waals surface area contributed by atoms with E-state index in [2.05, 4.69) is 25.5 Å². The van der Waals surface area contributed by atoms with Gasteiger partial charge in [0.25, 0.3) is 5.91 Å². The Bertz CT molecular complexity index is 993. The lowest BCUT2D eigenvalue weighted by molar-refractivity contribution is 0.0953. The van der Waals surface area contributed by atoms with Gasteiger partial charge in [0.15, 0.2) is 0 Å². The second-order valence-corrected chi connectivity index (χ2v) is 6.85. The lowest BCUT2D eigenvalue weighted by Gasteiger charge is -2.14. The highest BCUT2D eigenvalue weighted by atomic mass is 16.2. The van der Waals surface area contributed by atoms with Crippen LogP contribution in [0.1, 0.15) is 30.0 Å². The third kappa shape index (κ3) is 4.49. The van der Waals surface area contributed by atoms with Crippen LogP contribution in [-0.4, -0.2) is 34.1 Å². The summed E-state index contributed by atoms with van der Waals surface area (Å²) in [6.45, 7) is 6.77. The molecule has 0 aliphatic carbocycles. The molecule has 28 heavy (non-hydrogen) atoms. The van der Waals surface area contributed by atoms with E-state index in [1.807, 2.05) is 45.0 Å². The number of fused-ring (bicyclic) bond motifs is 1. The third-order valence-electron chi connectivity index (χ3n) is 4.31. The molecule has 0 unspecified atom stereocenters. The second-order valence-electron chi connectivity index (χ2n) is 6.85. The van der Waals surface area contributed by atoms with Crippen LogP contribution in [0.4, 0.5) is 10.5 Å². The number of aromatic nitrogens is 2. The number of carbonyl (C=O) groups excluding carboxylic acids is 2. The molecule has 3 N–H and O–H groups in total. The number of benzene rings is 2. The number of hydrogen-bond acceptors (Lipinski definition) is 3. The van der Waals surface area contributed by atoms with Gasteiger partial charge in [-0.25, -0.2) is 9.78 Å². The Morgan fingerprint density at radius 1 is 1.07 bits per heavy atom. The minimum atomic E-state index is -0.337. The molecule has 7 nitrogen and oxygen atoms in total. The Kier molecular flexibility index (Phi) is 5.93. The predicted octanol–water partition coefficient (Wildman–Crippen LogP) is 3.30. The molecule has 0 atom stereocenters. The van der Waals surface area contributed by atoms with Gasteiger partial charge in [0.05, 0.1) is 22.3 Å². The fourth-order valence-corrected chi connectivity index (χ4v) is 3.07. The van der Waals surface area contributed by atoms with Crippen LogP contribution in [0, 0.1) is 6.92 Å². The molecule has 0 bridgehead atoms. The Balaban J connectivity index is 1.65. The molecule has 1 aromatic heterocycles. The van der Waals surface area contributed by atoms with E-state index in [9.17, 15) is 9.59 Å². The van der Waals surface area contributed by atoms with E-state index in [0.29, 0.717) is 24.3 Å². The zero-order chi connectivity index (χ0) is 20.1. The minimum Gasteiger partial charge on any atom is -0.350 e. The van der Waals surface area contributed by atoms with E-state index in [-0.39, 0.29) is 18.0 Å². The molecule has 1 heterocycles. The van der Waals surface area contributed by atoms with Crippen molar-refractivity contribution in [1.82, 2.24) is 20.2 Å². The van der Waals surface area contributed by atoms with Crippen molar-refractivity contribution in [3.05, 3.63) is 59.9 Å². The lowest BCUT2D eigenvalue weighted by atomic mass is 10.1. The number of rotatable bonds is 6.